The molecule has 144 valence electrons. The first kappa shape index (κ1) is 18.2. The third-order valence-electron chi connectivity index (χ3n) is 6.61. The molecule has 0 spiro atoms. The van der Waals surface area contributed by atoms with Gasteiger partial charge in [0, 0.05) is 57.2 Å². The SMILES string of the molecule is CCN(CCc1cnc(N2CCN(C3CCC3)CC2)nc1C)CC1CC1. The molecule has 0 atom stereocenters. The van der Waals surface area contributed by atoms with Crippen molar-refractivity contribution in [1.82, 2.24) is 19.8 Å². The minimum Gasteiger partial charge on any atom is -0.338 e. The molecule has 0 unspecified atom stereocenters. The van der Waals surface area contributed by atoms with Crippen LogP contribution >= 0.6 is 0 Å². The van der Waals surface area contributed by atoms with Crippen molar-refractivity contribution in [3.05, 3.63) is 17.5 Å². The number of hydrogen-bond acceptors (Lipinski definition) is 5. The Labute approximate surface area is 158 Å². The van der Waals surface area contributed by atoms with Crippen LogP contribution in [0.15, 0.2) is 6.20 Å². The fraction of sp³-hybridized carbons (Fsp3) is 0.810. The maximum atomic E-state index is 4.86. The summed E-state index contributed by atoms with van der Waals surface area (Å²) in [5, 5.41) is 0. The fourth-order valence-electron chi connectivity index (χ4n) is 4.24. The first-order valence-electron chi connectivity index (χ1n) is 10.8. The lowest BCUT2D eigenvalue weighted by molar-refractivity contribution is 0.120. The molecular formula is C21H35N5. The highest BCUT2D eigenvalue weighted by atomic mass is 15.3. The summed E-state index contributed by atoms with van der Waals surface area (Å²) in [6.07, 6.45) is 10.2. The van der Waals surface area contributed by atoms with Gasteiger partial charge in [-0.15, -0.1) is 0 Å². The predicted octanol–water partition coefficient (Wildman–Crippen LogP) is 2.73. The molecule has 5 nitrogen and oxygen atoms in total. The Balaban J connectivity index is 1.29. The maximum Gasteiger partial charge on any atom is 0.225 e. The van der Waals surface area contributed by atoms with Gasteiger partial charge in [0.1, 0.15) is 0 Å². The lowest BCUT2D eigenvalue weighted by Crippen LogP contribution is -2.52. The Morgan fingerprint density at radius 2 is 1.88 bits per heavy atom. The second-order valence-corrected chi connectivity index (χ2v) is 8.47. The standard InChI is InChI=1S/C21H35N5/c1-3-24(16-18-7-8-18)10-9-19-15-22-21(23-17(19)2)26-13-11-25(12-14-26)20-5-4-6-20/h15,18,20H,3-14,16H2,1-2H3. The van der Waals surface area contributed by atoms with E-state index in [0.717, 1.165) is 50.5 Å². The topological polar surface area (TPSA) is 35.5 Å². The highest BCUT2D eigenvalue weighted by Gasteiger charge is 2.28. The monoisotopic (exact) mass is 357 g/mol. The van der Waals surface area contributed by atoms with Crippen LogP contribution in [0.5, 0.6) is 0 Å². The molecule has 0 aromatic carbocycles. The molecule has 1 aromatic heterocycles. The summed E-state index contributed by atoms with van der Waals surface area (Å²) >= 11 is 0. The number of hydrogen-bond donors (Lipinski definition) is 0. The van der Waals surface area contributed by atoms with Crippen LogP contribution in [0.1, 0.15) is 50.3 Å². The van der Waals surface area contributed by atoms with Crippen molar-refractivity contribution in [2.75, 3.05) is 50.7 Å². The molecule has 0 radical (unpaired) electrons. The van der Waals surface area contributed by atoms with E-state index in [1.54, 1.807) is 0 Å². The van der Waals surface area contributed by atoms with Crippen LogP contribution in [0.25, 0.3) is 0 Å². The van der Waals surface area contributed by atoms with E-state index >= 15 is 0 Å². The van der Waals surface area contributed by atoms with Crippen molar-refractivity contribution < 1.29 is 0 Å². The molecule has 3 fully saturated rings. The van der Waals surface area contributed by atoms with E-state index in [4.69, 9.17) is 9.97 Å². The quantitative estimate of drug-likeness (QED) is 0.715. The van der Waals surface area contributed by atoms with E-state index in [-0.39, 0.29) is 0 Å². The first-order chi connectivity index (χ1) is 12.7. The molecule has 1 aliphatic heterocycles. The fourth-order valence-corrected chi connectivity index (χ4v) is 4.24. The van der Waals surface area contributed by atoms with Crippen LogP contribution in [0.4, 0.5) is 5.95 Å². The molecule has 0 amide bonds. The van der Waals surface area contributed by atoms with E-state index < -0.39 is 0 Å². The summed E-state index contributed by atoms with van der Waals surface area (Å²) in [6.45, 7) is 12.5. The van der Waals surface area contributed by atoms with Gasteiger partial charge in [-0.05, 0) is 57.1 Å². The maximum absolute atomic E-state index is 4.86. The second-order valence-electron chi connectivity index (χ2n) is 8.47. The molecule has 1 aromatic rings. The lowest BCUT2D eigenvalue weighted by Gasteiger charge is -2.42. The van der Waals surface area contributed by atoms with E-state index in [1.165, 1.54) is 63.0 Å². The molecular weight excluding hydrogens is 322 g/mol. The minimum absolute atomic E-state index is 0.860. The number of aryl methyl sites for hydroxylation is 1. The number of nitrogens with zero attached hydrogens (tertiary/aromatic N) is 5. The molecule has 2 saturated carbocycles. The molecule has 2 aliphatic carbocycles. The van der Waals surface area contributed by atoms with E-state index in [2.05, 4.69) is 34.7 Å². The van der Waals surface area contributed by atoms with E-state index in [0.29, 0.717) is 0 Å². The first-order valence-corrected chi connectivity index (χ1v) is 10.8. The molecule has 0 bridgehead atoms. The second kappa shape index (κ2) is 8.22. The van der Waals surface area contributed by atoms with Crippen LogP contribution in [-0.2, 0) is 6.42 Å². The summed E-state index contributed by atoms with van der Waals surface area (Å²) in [5.41, 5.74) is 2.48. The Morgan fingerprint density at radius 1 is 1.12 bits per heavy atom. The zero-order valence-corrected chi connectivity index (χ0v) is 16.7. The molecule has 5 heteroatoms. The zero-order chi connectivity index (χ0) is 17.9. The predicted molar refractivity (Wildman–Crippen MR) is 107 cm³/mol. The van der Waals surface area contributed by atoms with Gasteiger partial charge in [0.05, 0.1) is 0 Å². The molecule has 0 N–H and O–H groups in total. The van der Waals surface area contributed by atoms with Crippen LogP contribution in [0.2, 0.25) is 0 Å². The van der Waals surface area contributed by atoms with Crippen LogP contribution in [-0.4, -0.2) is 71.6 Å². The number of piperazine rings is 1. The van der Waals surface area contributed by atoms with E-state index in [1.807, 2.05) is 0 Å². The van der Waals surface area contributed by atoms with Crippen molar-refractivity contribution in [1.29, 1.82) is 0 Å². The van der Waals surface area contributed by atoms with Crippen molar-refractivity contribution in [2.45, 2.75) is 58.4 Å². The van der Waals surface area contributed by atoms with Gasteiger partial charge in [-0.3, -0.25) is 4.90 Å². The summed E-state index contributed by atoms with van der Waals surface area (Å²) in [7, 11) is 0. The minimum atomic E-state index is 0.860. The van der Waals surface area contributed by atoms with Crippen LogP contribution in [0.3, 0.4) is 0 Å². The highest BCUT2D eigenvalue weighted by molar-refractivity contribution is 5.33. The van der Waals surface area contributed by atoms with Crippen LogP contribution in [0, 0.1) is 12.8 Å². The average Bonchev–Trinajstić information content (AvgIpc) is 3.43. The average molecular weight is 358 g/mol. The summed E-state index contributed by atoms with van der Waals surface area (Å²) in [4.78, 5) is 17.2. The lowest BCUT2D eigenvalue weighted by atomic mass is 9.91. The van der Waals surface area contributed by atoms with Gasteiger partial charge in [0.2, 0.25) is 5.95 Å². The smallest absolute Gasteiger partial charge is 0.225 e. The van der Waals surface area contributed by atoms with Gasteiger partial charge in [0.25, 0.3) is 0 Å². The molecule has 3 aliphatic rings. The Hall–Kier alpha value is -1.20. The summed E-state index contributed by atoms with van der Waals surface area (Å²) in [5.74, 6) is 1.90. The zero-order valence-electron chi connectivity index (χ0n) is 16.7. The number of anilines is 1. The van der Waals surface area contributed by atoms with Gasteiger partial charge in [0.15, 0.2) is 0 Å². The largest absolute Gasteiger partial charge is 0.338 e. The normalized spacial score (nSPS) is 22.0. The Kier molecular flexibility index (Phi) is 5.75. The van der Waals surface area contributed by atoms with Crippen molar-refractivity contribution in [2.24, 2.45) is 5.92 Å². The van der Waals surface area contributed by atoms with Gasteiger partial charge < -0.3 is 9.80 Å². The van der Waals surface area contributed by atoms with Gasteiger partial charge in [-0.25, -0.2) is 9.97 Å². The van der Waals surface area contributed by atoms with Gasteiger partial charge >= 0.3 is 0 Å². The summed E-state index contributed by atoms with van der Waals surface area (Å²) < 4.78 is 0. The van der Waals surface area contributed by atoms with Gasteiger partial charge in [-0.1, -0.05) is 13.3 Å². The van der Waals surface area contributed by atoms with Crippen molar-refractivity contribution in [3.63, 3.8) is 0 Å². The number of aromatic nitrogens is 2. The van der Waals surface area contributed by atoms with E-state index in [9.17, 15) is 0 Å². The molecule has 2 heterocycles. The highest BCUT2D eigenvalue weighted by Crippen LogP contribution is 2.29. The molecule has 1 saturated heterocycles. The summed E-state index contributed by atoms with van der Waals surface area (Å²) in [6, 6.07) is 0.860. The van der Waals surface area contributed by atoms with Crippen LogP contribution < -0.4 is 4.90 Å². The molecule has 4 rings (SSSR count). The third kappa shape index (κ3) is 4.37. The van der Waals surface area contributed by atoms with Gasteiger partial charge in [-0.2, -0.15) is 0 Å². The molecule has 26 heavy (non-hydrogen) atoms. The van der Waals surface area contributed by atoms with Crippen molar-refractivity contribution in [3.8, 4) is 0 Å². The third-order valence-corrected chi connectivity index (χ3v) is 6.61. The Bertz CT molecular complexity index is 588. The number of rotatable bonds is 8. The number of likely N-dealkylation sites (N-methyl/N-ethyl adjacent to an activating group) is 1. The Morgan fingerprint density at radius 3 is 2.46 bits per heavy atom. The van der Waals surface area contributed by atoms with Crippen molar-refractivity contribution >= 4 is 5.95 Å².